The Morgan fingerprint density at radius 2 is 0.556 bits per heavy atom. The standard InChI is InChI=1S/C44H30S/c1-3-7-37-25-31(13-17-35(37)5-1)9-11-33-15-19-41-29-43(23-21-39(41)27-33)45-44-24-22-40-28-34(16-20-42(40)30-44)12-10-32-14-18-36-6-2-4-8-38(36)26-32/h1-30H. The molecule has 0 saturated carbocycles. The maximum absolute atomic E-state index is 2.29. The second kappa shape index (κ2) is 12.0. The zero-order valence-corrected chi connectivity index (χ0v) is 25.5. The van der Waals surface area contributed by atoms with Crippen LogP contribution in [0.25, 0.3) is 67.4 Å². The topological polar surface area (TPSA) is 0 Å². The van der Waals surface area contributed by atoms with Gasteiger partial charge in [0.1, 0.15) is 0 Å². The molecule has 0 aliphatic heterocycles. The summed E-state index contributed by atoms with van der Waals surface area (Å²) in [5.74, 6) is 0. The van der Waals surface area contributed by atoms with Gasteiger partial charge < -0.3 is 0 Å². The van der Waals surface area contributed by atoms with Crippen molar-refractivity contribution in [3.8, 4) is 0 Å². The smallest absolute Gasteiger partial charge is 0.0128 e. The first kappa shape index (κ1) is 27.2. The summed E-state index contributed by atoms with van der Waals surface area (Å²) in [5, 5.41) is 10.1. The average molecular weight is 591 g/mol. The van der Waals surface area contributed by atoms with Gasteiger partial charge in [-0.05, 0) is 114 Å². The van der Waals surface area contributed by atoms with Gasteiger partial charge in [0.15, 0.2) is 0 Å². The van der Waals surface area contributed by atoms with Crippen LogP contribution in [-0.2, 0) is 0 Å². The van der Waals surface area contributed by atoms with E-state index in [4.69, 9.17) is 0 Å². The fourth-order valence-electron chi connectivity index (χ4n) is 5.96. The summed E-state index contributed by atoms with van der Waals surface area (Å²) >= 11 is 1.81. The van der Waals surface area contributed by atoms with Crippen LogP contribution < -0.4 is 0 Å². The van der Waals surface area contributed by atoms with Crippen molar-refractivity contribution in [1.29, 1.82) is 0 Å². The Labute approximate surface area is 268 Å². The molecule has 0 aliphatic rings. The highest BCUT2D eigenvalue weighted by molar-refractivity contribution is 7.99. The van der Waals surface area contributed by atoms with Crippen LogP contribution in [0.3, 0.4) is 0 Å². The van der Waals surface area contributed by atoms with Crippen LogP contribution in [0, 0.1) is 0 Å². The van der Waals surface area contributed by atoms with E-state index < -0.39 is 0 Å². The third-order valence-electron chi connectivity index (χ3n) is 8.39. The maximum Gasteiger partial charge on any atom is 0.0128 e. The summed E-state index contributed by atoms with van der Waals surface area (Å²) in [7, 11) is 0. The van der Waals surface area contributed by atoms with Crippen LogP contribution in [-0.4, -0.2) is 0 Å². The van der Waals surface area contributed by atoms with Gasteiger partial charge in [-0.25, -0.2) is 0 Å². The molecule has 0 nitrogen and oxygen atoms in total. The minimum atomic E-state index is 1.21. The minimum absolute atomic E-state index is 1.21. The van der Waals surface area contributed by atoms with Gasteiger partial charge >= 0.3 is 0 Å². The molecule has 8 rings (SSSR count). The van der Waals surface area contributed by atoms with Crippen LogP contribution in [0.4, 0.5) is 0 Å². The molecule has 0 unspecified atom stereocenters. The number of hydrogen-bond donors (Lipinski definition) is 0. The lowest BCUT2D eigenvalue weighted by Crippen LogP contribution is -1.81. The van der Waals surface area contributed by atoms with Crippen LogP contribution in [0.5, 0.6) is 0 Å². The zero-order chi connectivity index (χ0) is 30.0. The highest BCUT2D eigenvalue weighted by Crippen LogP contribution is 2.33. The first-order valence-corrected chi connectivity index (χ1v) is 16.1. The van der Waals surface area contributed by atoms with E-state index in [9.17, 15) is 0 Å². The molecule has 0 radical (unpaired) electrons. The predicted octanol–water partition coefficient (Wildman–Crippen LogP) is 12.8. The Morgan fingerprint density at radius 3 is 0.956 bits per heavy atom. The molecule has 0 spiro atoms. The van der Waals surface area contributed by atoms with Crippen LogP contribution >= 0.6 is 11.8 Å². The number of hydrogen-bond acceptors (Lipinski definition) is 1. The lowest BCUT2D eigenvalue weighted by molar-refractivity contribution is 1.44. The first-order valence-electron chi connectivity index (χ1n) is 15.3. The van der Waals surface area contributed by atoms with Crippen molar-refractivity contribution in [2.24, 2.45) is 0 Å². The maximum atomic E-state index is 2.29. The molecule has 0 atom stereocenters. The fourth-order valence-corrected chi connectivity index (χ4v) is 6.88. The van der Waals surface area contributed by atoms with Crippen LogP contribution in [0.1, 0.15) is 22.3 Å². The molecule has 8 aromatic carbocycles. The lowest BCUT2D eigenvalue weighted by atomic mass is 10.0. The van der Waals surface area contributed by atoms with E-state index in [1.807, 2.05) is 11.8 Å². The van der Waals surface area contributed by atoms with Crippen LogP contribution in [0.15, 0.2) is 168 Å². The van der Waals surface area contributed by atoms with Crippen molar-refractivity contribution >= 4 is 79.2 Å². The van der Waals surface area contributed by atoms with Crippen molar-refractivity contribution in [2.45, 2.75) is 9.79 Å². The summed E-state index contributed by atoms with van der Waals surface area (Å²) in [6.45, 7) is 0. The van der Waals surface area contributed by atoms with Crippen molar-refractivity contribution in [3.05, 3.63) is 180 Å². The second-order valence-corrected chi connectivity index (χ2v) is 12.7. The lowest BCUT2D eigenvalue weighted by Gasteiger charge is -2.07. The normalized spacial score (nSPS) is 11.9. The van der Waals surface area contributed by atoms with Crippen molar-refractivity contribution in [3.63, 3.8) is 0 Å². The predicted molar refractivity (Wildman–Crippen MR) is 198 cm³/mol. The number of benzene rings is 8. The highest BCUT2D eigenvalue weighted by atomic mass is 32.2. The minimum Gasteiger partial charge on any atom is -0.0901 e. The summed E-state index contributed by atoms with van der Waals surface area (Å²) < 4.78 is 0. The summed E-state index contributed by atoms with van der Waals surface area (Å²) in [6, 6.07) is 57.1. The molecule has 45 heavy (non-hydrogen) atoms. The Balaban J connectivity index is 0.966. The van der Waals surface area contributed by atoms with E-state index in [-0.39, 0.29) is 0 Å². The molecule has 0 aliphatic carbocycles. The molecule has 8 aromatic rings. The molecule has 212 valence electrons. The monoisotopic (exact) mass is 590 g/mol. The Morgan fingerprint density at radius 1 is 0.267 bits per heavy atom. The zero-order valence-electron chi connectivity index (χ0n) is 24.7. The largest absolute Gasteiger partial charge is 0.0901 e. The van der Waals surface area contributed by atoms with Gasteiger partial charge in [-0.15, -0.1) is 0 Å². The van der Waals surface area contributed by atoms with Gasteiger partial charge in [0.25, 0.3) is 0 Å². The van der Waals surface area contributed by atoms with Gasteiger partial charge in [0, 0.05) is 9.79 Å². The van der Waals surface area contributed by atoms with Gasteiger partial charge in [-0.2, -0.15) is 0 Å². The third-order valence-corrected chi connectivity index (χ3v) is 9.37. The molecule has 0 aromatic heterocycles. The number of rotatable bonds is 6. The van der Waals surface area contributed by atoms with Gasteiger partial charge in [0.05, 0.1) is 0 Å². The summed E-state index contributed by atoms with van der Waals surface area (Å²) in [6.07, 6.45) is 8.79. The van der Waals surface area contributed by atoms with E-state index in [0.29, 0.717) is 0 Å². The summed E-state index contributed by atoms with van der Waals surface area (Å²) in [4.78, 5) is 2.49. The Kier molecular flexibility index (Phi) is 7.23. The van der Waals surface area contributed by atoms with E-state index >= 15 is 0 Å². The molecule has 0 fully saturated rings. The van der Waals surface area contributed by atoms with Crippen molar-refractivity contribution in [1.82, 2.24) is 0 Å². The van der Waals surface area contributed by atoms with E-state index in [1.165, 1.54) is 75.1 Å². The first-order chi connectivity index (χ1) is 22.2. The average Bonchev–Trinajstić information content (AvgIpc) is 3.09. The molecule has 0 bridgehead atoms. The Bertz CT molecular complexity index is 2240. The summed E-state index contributed by atoms with van der Waals surface area (Å²) in [5.41, 5.74) is 4.84. The quantitative estimate of drug-likeness (QED) is 0.174. The molecule has 0 heterocycles. The van der Waals surface area contributed by atoms with Crippen molar-refractivity contribution in [2.75, 3.05) is 0 Å². The van der Waals surface area contributed by atoms with E-state index in [0.717, 1.165) is 0 Å². The molecular weight excluding hydrogens is 561 g/mol. The molecular formula is C44H30S. The SMILES string of the molecule is C(=Cc1ccc2cc(Sc3ccc4cc(C=Cc5ccc6ccccc6c5)ccc4c3)ccc2c1)c1ccc2ccccc2c1. The fraction of sp³-hybridized carbons (Fsp3) is 0. The van der Waals surface area contributed by atoms with Crippen LogP contribution in [0.2, 0.25) is 0 Å². The second-order valence-electron chi connectivity index (χ2n) is 11.5. The van der Waals surface area contributed by atoms with E-state index in [1.54, 1.807) is 0 Å². The van der Waals surface area contributed by atoms with Gasteiger partial charge in [-0.3, -0.25) is 0 Å². The van der Waals surface area contributed by atoms with Gasteiger partial charge in [-0.1, -0.05) is 145 Å². The molecule has 1 heteroatoms. The molecule has 0 amide bonds. The molecule has 0 saturated heterocycles. The third kappa shape index (κ3) is 6.04. The highest BCUT2D eigenvalue weighted by Gasteiger charge is 2.04. The number of fused-ring (bicyclic) bond motifs is 4. The Hall–Kier alpha value is -5.37. The molecule has 0 N–H and O–H groups in total. The van der Waals surface area contributed by atoms with Crippen molar-refractivity contribution < 1.29 is 0 Å². The van der Waals surface area contributed by atoms with E-state index in [2.05, 4.69) is 182 Å². The van der Waals surface area contributed by atoms with Gasteiger partial charge in [0.2, 0.25) is 0 Å².